The Kier molecular flexibility index (Phi) is 4.93. The molecule has 0 bridgehead atoms. The van der Waals surface area contributed by atoms with Crippen molar-refractivity contribution in [3.63, 3.8) is 0 Å². The monoisotopic (exact) mass is 347 g/mol. The first-order valence-electron chi connectivity index (χ1n) is 8.94. The number of benzene rings is 2. The average molecular weight is 347 g/mol. The SMILES string of the molecule is O=C(Cc1cccc2ccncc12)OC1CC(OCc2ccccc2)C1. The molecule has 3 aromatic rings. The molecule has 0 radical (unpaired) electrons. The second-order valence-corrected chi connectivity index (χ2v) is 6.69. The maximum Gasteiger partial charge on any atom is 0.310 e. The van der Waals surface area contributed by atoms with E-state index in [9.17, 15) is 4.79 Å². The first-order chi connectivity index (χ1) is 12.8. The van der Waals surface area contributed by atoms with Gasteiger partial charge < -0.3 is 9.47 Å². The minimum Gasteiger partial charge on any atom is -0.462 e. The molecule has 0 spiro atoms. The smallest absolute Gasteiger partial charge is 0.310 e. The molecule has 0 N–H and O–H groups in total. The van der Waals surface area contributed by atoms with E-state index in [1.807, 2.05) is 42.5 Å². The van der Waals surface area contributed by atoms with E-state index in [2.05, 4.69) is 17.1 Å². The van der Waals surface area contributed by atoms with Crippen LogP contribution in [0, 0.1) is 0 Å². The van der Waals surface area contributed by atoms with E-state index in [1.165, 1.54) is 0 Å². The summed E-state index contributed by atoms with van der Waals surface area (Å²) >= 11 is 0. The number of fused-ring (bicyclic) bond motifs is 1. The highest BCUT2D eigenvalue weighted by atomic mass is 16.6. The van der Waals surface area contributed by atoms with Gasteiger partial charge in [0.1, 0.15) is 6.10 Å². The number of carbonyl (C=O) groups excluding carboxylic acids is 1. The molecule has 0 atom stereocenters. The first kappa shape index (κ1) is 16.7. The average Bonchev–Trinajstić information content (AvgIpc) is 2.64. The lowest BCUT2D eigenvalue weighted by atomic mass is 9.92. The van der Waals surface area contributed by atoms with Crippen LogP contribution >= 0.6 is 0 Å². The quantitative estimate of drug-likeness (QED) is 0.631. The highest BCUT2D eigenvalue weighted by Gasteiger charge is 2.33. The highest BCUT2D eigenvalue weighted by Crippen LogP contribution is 2.28. The summed E-state index contributed by atoms with van der Waals surface area (Å²) in [6.07, 6.45) is 5.52. The van der Waals surface area contributed by atoms with Gasteiger partial charge in [0.2, 0.25) is 0 Å². The Labute approximate surface area is 152 Å². The minimum atomic E-state index is -0.187. The van der Waals surface area contributed by atoms with Crippen LogP contribution in [0.1, 0.15) is 24.0 Å². The maximum atomic E-state index is 12.3. The van der Waals surface area contributed by atoms with Gasteiger partial charge >= 0.3 is 5.97 Å². The second-order valence-electron chi connectivity index (χ2n) is 6.69. The van der Waals surface area contributed by atoms with Gasteiger partial charge in [-0.3, -0.25) is 9.78 Å². The number of carbonyl (C=O) groups is 1. The number of hydrogen-bond donors (Lipinski definition) is 0. The Morgan fingerprint density at radius 3 is 2.69 bits per heavy atom. The number of ether oxygens (including phenoxy) is 2. The zero-order valence-corrected chi connectivity index (χ0v) is 14.5. The van der Waals surface area contributed by atoms with E-state index in [-0.39, 0.29) is 24.6 Å². The third kappa shape index (κ3) is 3.92. The van der Waals surface area contributed by atoms with Gasteiger partial charge in [0.15, 0.2) is 0 Å². The third-order valence-corrected chi connectivity index (χ3v) is 4.79. The van der Waals surface area contributed by atoms with E-state index in [0.717, 1.165) is 34.7 Å². The molecule has 0 aliphatic heterocycles. The van der Waals surface area contributed by atoms with Crippen molar-refractivity contribution >= 4 is 16.7 Å². The van der Waals surface area contributed by atoms with Crippen molar-refractivity contribution in [1.82, 2.24) is 4.98 Å². The molecule has 1 aromatic heterocycles. The van der Waals surface area contributed by atoms with Crippen LogP contribution in [0.3, 0.4) is 0 Å². The van der Waals surface area contributed by atoms with Crippen molar-refractivity contribution in [2.45, 2.75) is 38.1 Å². The standard InChI is InChI=1S/C22H21NO3/c24-22(11-18-8-4-7-17-9-10-23-14-21(17)18)26-20-12-19(13-20)25-15-16-5-2-1-3-6-16/h1-10,14,19-20H,11-13,15H2. The lowest BCUT2D eigenvalue weighted by Crippen LogP contribution is -2.39. The van der Waals surface area contributed by atoms with Gasteiger partial charge in [0.25, 0.3) is 0 Å². The molecular weight excluding hydrogens is 326 g/mol. The molecule has 1 saturated carbocycles. The first-order valence-corrected chi connectivity index (χ1v) is 8.94. The van der Waals surface area contributed by atoms with E-state index >= 15 is 0 Å². The topological polar surface area (TPSA) is 48.4 Å². The van der Waals surface area contributed by atoms with Crippen LogP contribution in [0.15, 0.2) is 67.0 Å². The van der Waals surface area contributed by atoms with Crippen LogP contribution < -0.4 is 0 Å². The summed E-state index contributed by atoms with van der Waals surface area (Å²) in [5, 5.41) is 2.09. The summed E-state index contributed by atoms with van der Waals surface area (Å²) in [6, 6.07) is 18.0. The van der Waals surface area contributed by atoms with Crippen molar-refractivity contribution in [2.75, 3.05) is 0 Å². The van der Waals surface area contributed by atoms with Crippen LogP contribution in [0.4, 0.5) is 0 Å². The molecule has 0 saturated heterocycles. The van der Waals surface area contributed by atoms with Crippen molar-refractivity contribution in [1.29, 1.82) is 0 Å². The van der Waals surface area contributed by atoms with E-state index < -0.39 is 0 Å². The number of hydrogen-bond acceptors (Lipinski definition) is 4. The van der Waals surface area contributed by atoms with Crippen molar-refractivity contribution < 1.29 is 14.3 Å². The van der Waals surface area contributed by atoms with Crippen LogP contribution in [-0.4, -0.2) is 23.2 Å². The number of pyridine rings is 1. The van der Waals surface area contributed by atoms with Gasteiger partial charge in [-0.25, -0.2) is 0 Å². The number of esters is 1. The van der Waals surface area contributed by atoms with Gasteiger partial charge in [-0.15, -0.1) is 0 Å². The van der Waals surface area contributed by atoms with Crippen LogP contribution in [-0.2, 0) is 27.3 Å². The van der Waals surface area contributed by atoms with E-state index in [1.54, 1.807) is 12.4 Å². The molecule has 132 valence electrons. The molecule has 2 aromatic carbocycles. The van der Waals surface area contributed by atoms with E-state index in [4.69, 9.17) is 9.47 Å². The molecule has 4 rings (SSSR count). The van der Waals surface area contributed by atoms with Crippen LogP contribution in [0.25, 0.3) is 10.8 Å². The lowest BCUT2D eigenvalue weighted by molar-refractivity contribution is -0.162. The van der Waals surface area contributed by atoms with Crippen molar-refractivity contribution in [3.05, 3.63) is 78.1 Å². The lowest BCUT2D eigenvalue weighted by Gasteiger charge is -2.34. The predicted molar refractivity (Wildman–Crippen MR) is 99.6 cm³/mol. The fourth-order valence-corrected chi connectivity index (χ4v) is 3.25. The molecule has 4 heteroatoms. The Hall–Kier alpha value is -2.72. The third-order valence-electron chi connectivity index (χ3n) is 4.79. The van der Waals surface area contributed by atoms with Crippen LogP contribution in [0.2, 0.25) is 0 Å². The minimum absolute atomic E-state index is 0.0311. The molecule has 4 nitrogen and oxygen atoms in total. The highest BCUT2D eigenvalue weighted by molar-refractivity contribution is 5.88. The van der Waals surface area contributed by atoms with Crippen molar-refractivity contribution in [3.8, 4) is 0 Å². The molecule has 1 aliphatic carbocycles. The molecular formula is C22H21NO3. The Balaban J connectivity index is 1.25. The van der Waals surface area contributed by atoms with Gasteiger partial charge in [0.05, 0.1) is 19.1 Å². The number of rotatable bonds is 6. The summed E-state index contributed by atoms with van der Waals surface area (Å²) in [6.45, 7) is 0.606. The fraction of sp³-hybridized carbons (Fsp3) is 0.273. The van der Waals surface area contributed by atoms with Gasteiger partial charge in [-0.05, 0) is 22.6 Å². The Morgan fingerprint density at radius 1 is 1.00 bits per heavy atom. The summed E-state index contributed by atoms with van der Waals surface area (Å²) in [5.41, 5.74) is 2.12. The summed E-state index contributed by atoms with van der Waals surface area (Å²) in [4.78, 5) is 16.4. The zero-order valence-electron chi connectivity index (χ0n) is 14.5. The second kappa shape index (κ2) is 7.67. The largest absolute Gasteiger partial charge is 0.462 e. The predicted octanol–water partition coefficient (Wildman–Crippen LogP) is 4.07. The molecule has 1 aliphatic rings. The van der Waals surface area contributed by atoms with Crippen LogP contribution in [0.5, 0.6) is 0 Å². The van der Waals surface area contributed by atoms with Gasteiger partial charge in [-0.1, -0.05) is 48.5 Å². The molecule has 0 amide bonds. The Bertz CT molecular complexity index is 883. The van der Waals surface area contributed by atoms with Crippen molar-refractivity contribution in [2.24, 2.45) is 0 Å². The van der Waals surface area contributed by atoms with E-state index in [0.29, 0.717) is 6.61 Å². The molecule has 26 heavy (non-hydrogen) atoms. The summed E-state index contributed by atoms with van der Waals surface area (Å²) < 4.78 is 11.4. The molecule has 1 heterocycles. The number of aromatic nitrogens is 1. The summed E-state index contributed by atoms with van der Waals surface area (Å²) in [5.74, 6) is -0.187. The summed E-state index contributed by atoms with van der Waals surface area (Å²) in [7, 11) is 0. The van der Waals surface area contributed by atoms with Gasteiger partial charge in [-0.2, -0.15) is 0 Å². The number of nitrogens with zero attached hydrogens (tertiary/aromatic N) is 1. The Morgan fingerprint density at radius 2 is 1.85 bits per heavy atom. The normalized spacial score (nSPS) is 19.1. The maximum absolute atomic E-state index is 12.3. The zero-order chi connectivity index (χ0) is 17.8. The molecule has 0 unspecified atom stereocenters. The van der Waals surface area contributed by atoms with Gasteiger partial charge in [0, 0.05) is 30.6 Å². The molecule has 1 fully saturated rings. The fourth-order valence-electron chi connectivity index (χ4n) is 3.25.